The number of ether oxygens (including phenoxy) is 2. The van der Waals surface area contributed by atoms with Gasteiger partial charge in [-0.25, -0.2) is 4.99 Å². The second kappa shape index (κ2) is 12.6. The Hall–Kier alpha value is -4.17. The lowest BCUT2D eigenvalue weighted by Gasteiger charge is -2.30. The van der Waals surface area contributed by atoms with Crippen molar-refractivity contribution in [3.63, 3.8) is 0 Å². The van der Waals surface area contributed by atoms with Gasteiger partial charge in [-0.1, -0.05) is 48.2 Å². The number of para-hydroxylation sites is 2. The summed E-state index contributed by atoms with van der Waals surface area (Å²) in [7, 11) is 0. The SMILES string of the molecule is FC(F)Oc1ccccc1N1CCCS/C1=N\N=C\c1ccc(C2N=CN(c3ccc(OC(F)(F)F)cc3)N2)cc1. The number of thioether (sulfide) groups is 1. The van der Waals surface area contributed by atoms with Crippen molar-refractivity contribution in [3.05, 3.63) is 83.9 Å². The smallest absolute Gasteiger partial charge is 0.433 e. The number of alkyl halides is 5. The zero-order chi connectivity index (χ0) is 28.8. The van der Waals surface area contributed by atoms with Gasteiger partial charge in [0.1, 0.15) is 24.0 Å². The molecule has 3 aromatic carbocycles. The molecular formula is C27H23F5N6O2S. The molecule has 1 unspecified atom stereocenters. The van der Waals surface area contributed by atoms with Crippen molar-refractivity contribution < 1.29 is 31.4 Å². The second-order valence-corrected chi connectivity index (χ2v) is 9.76. The Bertz CT molecular complexity index is 1420. The van der Waals surface area contributed by atoms with Crippen molar-refractivity contribution in [3.8, 4) is 11.5 Å². The number of hydrogen-bond acceptors (Lipinski definition) is 8. The Labute approximate surface area is 236 Å². The van der Waals surface area contributed by atoms with Gasteiger partial charge in [-0.2, -0.15) is 19.3 Å². The number of hydrogen-bond donors (Lipinski definition) is 1. The number of amidine groups is 1. The molecule has 5 rings (SSSR count). The minimum atomic E-state index is -4.75. The number of aliphatic imine (C=N–C) groups is 1. The third-order valence-corrected chi connectivity index (χ3v) is 6.96. The lowest BCUT2D eigenvalue weighted by molar-refractivity contribution is -0.274. The Balaban J connectivity index is 1.21. The first-order valence-electron chi connectivity index (χ1n) is 12.3. The maximum Gasteiger partial charge on any atom is 0.573 e. The number of hydrazine groups is 1. The highest BCUT2D eigenvalue weighted by Gasteiger charge is 2.31. The molecule has 0 radical (unpaired) electrons. The van der Waals surface area contributed by atoms with Crippen LogP contribution in [0.15, 0.2) is 88.0 Å². The van der Waals surface area contributed by atoms with Crippen LogP contribution in [0.25, 0.3) is 0 Å². The fourth-order valence-electron chi connectivity index (χ4n) is 4.09. The molecule has 14 heteroatoms. The van der Waals surface area contributed by atoms with E-state index in [1.807, 2.05) is 29.2 Å². The van der Waals surface area contributed by atoms with Crippen LogP contribution in [-0.4, -0.2) is 43.0 Å². The lowest BCUT2D eigenvalue weighted by atomic mass is 10.1. The number of halogens is 5. The molecule has 0 aromatic heterocycles. The summed E-state index contributed by atoms with van der Waals surface area (Å²) in [5.41, 5.74) is 5.89. The molecule has 8 nitrogen and oxygen atoms in total. The van der Waals surface area contributed by atoms with E-state index in [1.165, 1.54) is 42.1 Å². The molecule has 2 aliphatic rings. The minimum absolute atomic E-state index is 0.0755. The summed E-state index contributed by atoms with van der Waals surface area (Å²) >= 11 is 1.48. The zero-order valence-electron chi connectivity index (χ0n) is 21.2. The van der Waals surface area contributed by atoms with E-state index in [1.54, 1.807) is 35.8 Å². The number of benzene rings is 3. The van der Waals surface area contributed by atoms with Gasteiger partial charge in [-0.05, 0) is 53.9 Å². The predicted molar refractivity (Wildman–Crippen MR) is 149 cm³/mol. The number of nitrogens with zero attached hydrogens (tertiary/aromatic N) is 5. The van der Waals surface area contributed by atoms with Crippen LogP contribution in [0, 0.1) is 0 Å². The van der Waals surface area contributed by atoms with Gasteiger partial charge in [-0.15, -0.1) is 18.3 Å². The van der Waals surface area contributed by atoms with E-state index in [0.717, 1.165) is 23.3 Å². The summed E-state index contributed by atoms with van der Waals surface area (Å²) in [5.74, 6) is 0.595. The van der Waals surface area contributed by atoms with Gasteiger partial charge >= 0.3 is 13.0 Å². The van der Waals surface area contributed by atoms with Crippen LogP contribution in [0.1, 0.15) is 23.7 Å². The normalized spacial score (nSPS) is 18.6. The molecular weight excluding hydrogens is 567 g/mol. The predicted octanol–water partition coefficient (Wildman–Crippen LogP) is 6.57. The van der Waals surface area contributed by atoms with E-state index >= 15 is 0 Å². The van der Waals surface area contributed by atoms with Crippen LogP contribution in [0.2, 0.25) is 0 Å². The van der Waals surface area contributed by atoms with E-state index in [4.69, 9.17) is 0 Å². The molecule has 3 aromatic rings. The summed E-state index contributed by atoms with van der Waals surface area (Å²) < 4.78 is 71.5. The molecule has 0 saturated carbocycles. The molecule has 214 valence electrons. The molecule has 0 bridgehead atoms. The van der Waals surface area contributed by atoms with Crippen molar-refractivity contribution >= 4 is 40.9 Å². The van der Waals surface area contributed by atoms with Crippen LogP contribution >= 0.6 is 11.8 Å². The Morgan fingerprint density at radius 1 is 1.02 bits per heavy atom. The summed E-state index contributed by atoms with van der Waals surface area (Å²) in [6.45, 7) is -2.34. The monoisotopic (exact) mass is 590 g/mol. The van der Waals surface area contributed by atoms with E-state index in [0.29, 0.717) is 23.1 Å². The second-order valence-electron chi connectivity index (χ2n) is 8.70. The van der Waals surface area contributed by atoms with E-state index in [2.05, 4.69) is 30.1 Å². The Kier molecular flexibility index (Phi) is 8.69. The lowest BCUT2D eigenvalue weighted by Crippen LogP contribution is -2.34. The quantitative estimate of drug-likeness (QED) is 0.182. The maximum atomic E-state index is 12.9. The summed E-state index contributed by atoms with van der Waals surface area (Å²) in [6.07, 6.45) is -1.15. The van der Waals surface area contributed by atoms with Gasteiger partial charge in [0, 0.05) is 12.3 Å². The molecule has 1 saturated heterocycles. The van der Waals surface area contributed by atoms with E-state index < -0.39 is 19.1 Å². The number of rotatable bonds is 8. The number of anilines is 2. The highest BCUT2D eigenvalue weighted by atomic mass is 32.2. The Morgan fingerprint density at radius 3 is 2.51 bits per heavy atom. The fourth-order valence-corrected chi connectivity index (χ4v) is 5.00. The fraction of sp³-hybridized carbons (Fsp3) is 0.222. The first-order chi connectivity index (χ1) is 19.7. The molecule has 0 spiro atoms. The zero-order valence-corrected chi connectivity index (χ0v) is 22.0. The largest absolute Gasteiger partial charge is 0.573 e. The average Bonchev–Trinajstić information content (AvgIpc) is 3.44. The molecule has 1 fully saturated rings. The van der Waals surface area contributed by atoms with E-state index in [-0.39, 0.29) is 11.5 Å². The van der Waals surface area contributed by atoms with Crippen molar-refractivity contribution in [2.24, 2.45) is 15.2 Å². The Morgan fingerprint density at radius 2 is 1.78 bits per heavy atom. The standard InChI is InChI=1S/C27H23F5N6O2S/c28-25(29)39-23-5-2-1-4-22(23)37-14-3-15-41-26(37)35-34-16-18-6-8-19(9-7-18)24-33-17-38(36-24)20-10-12-21(13-11-20)40-27(30,31)32/h1-2,4-13,16-17,24-25,36H,3,14-15H2/b34-16+,35-26-. The van der Waals surface area contributed by atoms with Crippen LogP contribution in [0.3, 0.4) is 0 Å². The molecule has 1 N–H and O–H groups in total. The maximum absolute atomic E-state index is 12.9. The van der Waals surface area contributed by atoms with Crippen LogP contribution in [0.4, 0.5) is 33.3 Å². The molecule has 2 heterocycles. The third-order valence-electron chi connectivity index (χ3n) is 5.90. The van der Waals surface area contributed by atoms with Gasteiger partial charge in [0.25, 0.3) is 0 Å². The summed E-state index contributed by atoms with van der Waals surface area (Å²) in [6, 6.07) is 19.4. The van der Waals surface area contributed by atoms with Crippen LogP contribution in [-0.2, 0) is 0 Å². The topological polar surface area (TPSA) is 74.0 Å². The first-order valence-corrected chi connectivity index (χ1v) is 13.3. The van der Waals surface area contributed by atoms with E-state index in [9.17, 15) is 22.0 Å². The van der Waals surface area contributed by atoms with Gasteiger partial charge in [-0.3, -0.25) is 5.01 Å². The van der Waals surface area contributed by atoms with Crippen molar-refractivity contribution in [1.29, 1.82) is 0 Å². The molecule has 2 aliphatic heterocycles. The molecule has 0 amide bonds. The highest BCUT2D eigenvalue weighted by molar-refractivity contribution is 8.14. The molecule has 41 heavy (non-hydrogen) atoms. The highest BCUT2D eigenvalue weighted by Crippen LogP contribution is 2.34. The first kappa shape index (κ1) is 28.4. The van der Waals surface area contributed by atoms with Gasteiger partial charge in [0.15, 0.2) is 5.17 Å². The summed E-state index contributed by atoms with van der Waals surface area (Å²) in [5, 5.41) is 10.7. The van der Waals surface area contributed by atoms with Crippen molar-refractivity contribution in [2.45, 2.75) is 25.6 Å². The van der Waals surface area contributed by atoms with Gasteiger partial charge in [0.2, 0.25) is 0 Å². The van der Waals surface area contributed by atoms with Crippen LogP contribution < -0.4 is 24.8 Å². The van der Waals surface area contributed by atoms with Crippen LogP contribution in [0.5, 0.6) is 11.5 Å². The van der Waals surface area contributed by atoms with Crippen molar-refractivity contribution in [2.75, 3.05) is 22.2 Å². The summed E-state index contributed by atoms with van der Waals surface area (Å²) in [4.78, 5) is 6.24. The average molecular weight is 591 g/mol. The van der Waals surface area contributed by atoms with Gasteiger partial charge < -0.3 is 14.4 Å². The number of nitrogens with one attached hydrogen (secondary N) is 1. The van der Waals surface area contributed by atoms with Gasteiger partial charge in [0.05, 0.1) is 17.6 Å². The minimum Gasteiger partial charge on any atom is -0.433 e. The molecule has 0 aliphatic carbocycles. The molecule has 1 atom stereocenters. The van der Waals surface area contributed by atoms with Crippen molar-refractivity contribution in [1.82, 2.24) is 5.43 Å². The third kappa shape index (κ3) is 7.52.